The molecule has 0 N–H and O–H groups in total. The van der Waals surface area contributed by atoms with Crippen LogP contribution < -0.4 is 0 Å². The van der Waals surface area contributed by atoms with E-state index < -0.39 is 5.60 Å². The van der Waals surface area contributed by atoms with Gasteiger partial charge in [-0.1, -0.05) is 30.3 Å². The van der Waals surface area contributed by atoms with Crippen molar-refractivity contribution >= 4 is 12.4 Å². The Morgan fingerprint density at radius 2 is 1.96 bits per heavy atom. The summed E-state index contributed by atoms with van der Waals surface area (Å²) < 4.78 is 5.62. The molecule has 0 spiro atoms. The van der Waals surface area contributed by atoms with Crippen LogP contribution in [0.4, 0.5) is 4.79 Å². The topological polar surface area (TPSA) is 49.9 Å². The molecule has 2 aliphatic rings. The molecule has 0 aromatic heterocycles. The number of rotatable bonds is 4. The van der Waals surface area contributed by atoms with Crippen LogP contribution >= 0.6 is 0 Å². The van der Waals surface area contributed by atoms with Crippen LogP contribution in [-0.2, 0) is 16.1 Å². The largest absolute Gasteiger partial charge is 0.444 e. The molecule has 2 heterocycles. The molecule has 136 valence electrons. The highest BCUT2D eigenvalue weighted by Crippen LogP contribution is 2.37. The van der Waals surface area contributed by atoms with Crippen LogP contribution in [0.15, 0.2) is 30.3 Å². The second kappa shape index (κ2) is 7.16. The van der Waals surface area contributed by atoms with Gasteiger partial charge in [-0.05, 0) is 39.2 Å². The van der Waals surface area contributed by atoms with E-state index in [0.717, 1.165) is 32.2 Å². The van der Waals surface area contributed by atoms with Crippen molar-refractivity contribution in [3.63, 3.8) is 0 Å². The van der Waals surface area contributed by atoms with E-state index in [4.69, 9.17) is 4.74 Å². The normalized spacial score (nSPS) is 26.5. The minimum absolute atomic E-state index is 0.0579. The van der Waals surface area contributed by atoms with Crippen LogP contribution in [0, 0.1) is 0 Å². The summed E-state index contributed by atoms with van der Waals surface area (Å²) >= 11 is 0. The third-order valence-electron chi connectivity index (χ3n) is 5.08. The smallest absolute Gasteiger partial charge is 0.410 e. The Hall–Kier alpha value is -1.88. The summed E-state index contributed by atoms with van der Waals surface area (Å²) in [6.07, 6.45) is 3.10. The highest BCUT2D eigenvalue weighted by Gasteiger charge is 2.49. The highest BCUT2D eigenvalue weighted by molar-refractivity contribution is 5.70. The van der Waals surface area contributed by atoms with E-state index in [2.05, 4.69) is 17.0 Å². The van der Waals surface area contributed by atoms with Gasteiger partial charge in [0.1, 0.15) is 11.9 Å². The maximum absolute atomic E-state index is 12.7. The summed E-state index contributed by atoms with van der Waals surface area (Å²) in [6, 6.07) is 10.6. The van der Waals surface area contributed by atoms with Gasteiger partial charge in [0.25, 0.3) is 0 Å². The maximum Gasteiger partial charge on any atom is 0.410 e. The van der Waals surface area contributed by atoms with Crippen molar-refractivity contribution in [2.45, 2.75) is 70.3 Å². The van der Waals surface area contributed by atoms with Crippen LogP contribution in [-0.4, -0.2) is 52.5 Å². The van der Waals surface area contributed by atoms with Crippen molar-refractivity contribution in [2.75, 3.05) is 6.54 Å². The van der Waals surface area contributed by atoms with Crippen LogP contribution in [0.5, 0.6) is 0 Å². The first-order valence-corrected chi connectivity index (χ1v) is 9.12. The molecule has 0 radical (unpaired) electrons. The first-order valence-electron chi connectivity index (χ1n) is 9.12. The van der Waals surface area contributed by atoms with E-state index in [-0.39, 0.29) is 24.2 Å². The van der Waals surface area contributed by atoms with Crippen LogP contribution in [0.3, 0.4) is 0 Å². The number of aldehydes is 1. The van der Waals surface area contributed by atoms with Crippen molar-refractivity contribution in [2.24, 2.45) is 0 Å². The standard InChI is InChI=1S/C20H28N2O3/c1-20(2,3)25-19(24)22-16-9-10-18(22)17(11-12-23)21(14-16)13-15-7-5-4-6-8-15/h4-8,12,16-18H,9-11,13-14H2,1-3H3. The third kappa shape index (κ3) is 4.03. The molecule has 5 nitrogen and oxygen atoms in total. The van der Waals surface area contributed by atoms with E-state index in [1.165, 1.54) is 5.56 Å². The number of hydrogen-bond acceptors (Lipinski definition) is 4. The maximum atomic E-state index is 12.7. The number of carbonyl (C=O) groups is 2. The predicted octanol–water partition coefficient (Wildman–Crippen LogP) is 3.23. The number of benzene rings is 1. The van der Waals surface area contributed by atoms with Crippen molar-refractivity contribution in [3.05, 3.63) is 35.9 Å². The summed E-state index contributed by atoms with van der Waals surface area (Å²) in [6.45, 7) is 7.28. The molecule has 25 heavy (non-hydrogen) atoms. The zero-order valence-electron chi connectivity index (χ0n) is 15.4. The minimum atomic E-state index is -0.502. The molecule has 1 amide bonds. The quantitative estimate of drug-likeness (QED) is 0.787. The lowest BCUT2D eigenvalue weighted by atomic mass is 9.99. The molecule has 2 fully saturated rings. The zero-order valence-corrected chi connectivity index (χ0v) is 15.4. The average Bonchev–Trinajstić information content (AvgIpc) is 2.87. The first kappa shape index (κ1) is 17.9. The molecular weight excluding hydrogens is 316 g/mol. The zero-order chi connectivity index (χ0) is 18.0. The Labute approximate surface area is 149 Å². The number of nitrogens with zero attached hydrogens (tertiary/aromatic N) is 2. The lowest BCUT2D eigenvalue weighted by Crippen LogP contribution is -2.61. The van der Waals surface area contributed by atoms with Gasteiger partial charge < -0.3 is 9.53 Å². The summed E-state index contributed by atoms with van der Waals surface area (Å²) in [4.78, 5) is 28.2. The van der Waals surface area contributed by atoms with E-state index in [0.29, 0.717) is 6.42 Å². The van der Waals surface area contributed by atoms with Crippen LogP contribution in [0.2, 0.25) is 0 Å². The number of carbonyl (C=O) groups excluding carboxylic acids is 2. The molecule has 3 rings (SSSR count). The summed E-state index contributed by atoms with van der Waals surface area (Å²) in [7, 11) is 0. The number of fused-ring (bicyclic) bond motifs is 2. The van der Waals surface area contributed by atoms with Gasteiger partial charge in [-0.25, -0.2) is 4.79 Å². The second-order valence-electron chi connectivity index (χ2n) is 8.07. The molecule has 5 heteroatoms. The Morgan fingerprint density at radius 1 is 1.24 bits per heavy atom. The Bertz CT molecular complexity index is 611. The van der Waals surface area contributed by atoms with Gasteiger partial charge in [-0.2, -0.15) is 0 Å². The average molecular weight is 344 g/mol. The SMILES string of the molecule is CC(C)(C)OC(=O)N1C2CCC1C(CC=O)N(Cc1ccccc1)C2. The lowest BCUT2D eigenvalue weighted by Gasteiger charge is -2.46. The minimum Gasteiger partial charge on any atom is -0.444 e. The number of piperazine rings is 1. The third-order valence-corrected chi connectivity index (χ3v) is 5.08. The summed E-state index contributed by atoms with van der Waals surface area (Å²) in [5.41, 5.74) is 0.737. The van der Waals surface area contributed by atoms with Crippen molar-refractivity contribution < 1.29 is 14.3 Å². The molecule has 2 aliphatic heterocycles. The van der Waals surface area contributed by atoms with Crippen molar-refractivity contribution in [1.29, 1.82) is 0 Å². The Kier molecular flexibility index (Phi) is 5.13. The second-order valence-corrected chi connectivity index (χ2v) is 8.07. The molecular formula is C20H28N2O3. The fourth-order valence-electron chi connectivity index (χ4n) is 4.12. The lowest BCUT2D eigenvalue weighted by molar-refractivity contribution is -0.110. The number of hydrogen-bond donors (Lipinski definition) is 0. The first-order chi connectivity index (χ1) is 11.9. The molecule has 0 saturated carbocycles. The van der Waals surface area contributed by atoms with Gasteiger partial charge >= 0.3 is 6.09 Å². The Morgan fingerprint density at radius 3 is 2.60 bits per heavy atom. The fourth-order valence-corrected chi connectivity index (χ4v) is 4.12. The molecule has 0 aliphatic carbocycles. The van der Waals surface area contributed by atoms with E-state index >= 15 is 0 Å². The van der Waals surface area contributed by atoms with Gasteiger partial charge in [0.05, 0.1) is 6.04 Å². The molecule has 3 atom stereocenters. The van der Waals surface area contributed by atoms with E-state index in [1.54, 1.807) is 0 Å². The van der Waals surface area contributed by atoms with Gasteiger partial charge in [0.15, 0.2) is 0 Å². The number of likely N-dealkylation sites (tertiary alicyclic amines) is 1. The monoisotopic (exact) mass is 344 g/mol. The van der Waals surface area contributed by atoms with Crippen molar-refractivity contribution in [1.82, 2.24) is 9.80 Å². The summed E-state index contributed by atoms with van der Waals surface area (Å²) in [5, 5.41) is 0. The summed E-state index contributed by atoms with van der Waals surface area (Å²) in [5.74, 6) is 0. The molecule has 1 aromatic rings. The predicted molar refractivity (Wildman–Crippen MR) is 96.2 cm³/mol. The van der Waals surface area contributed by atoms with Gasteiger partial charge in [0, 0.05) is 31.6 Å². The number of ether oxygens (including phenoxy) is 1. The Balaban J connectivity index is 1.78. The van der Waals surface area contributed by atoms with Crippen LogP contribution in [0.25, 0.3) is 0 Å². The fraction of sp³-hybridized carbons (Fsp3) is 0.600. The van der Waals surface area contributed by atoms with Crippen LogP contribution in [0.1, 0.15) is 45.6 Å². The van der Waals surface area contributed by atoms with Gasteiger partial charge in [-0.15, -0.1) is 0 Å². The van der Waals surface area contributed by atoms with Crippen molar-refractivity contribution in [3.8, 4) is 0 Å². The molecule has 1 aromatic carbocycles. The number of amides is 1. The van der Waals surface area contributed by atoms with E-state index in [1.807, 2.05) is 43.9 Å². The molecule has 3 unspecified atom stereocenters. The molecule has 2 saturated heterocycles. The highest BCUT2D eigenvalue weighted by atomic mass is 16.6. The van der Waals surface area contributed by atoms with Gasteiger partial charge in [-0.3, -0.25) is 9.80 Å². The van der Waals surface area contributed by atoms with E-state index in [9.17, 15) is 9.59 Å². The van der Waals surface area contributed by atoms with Gasteiger partial charge in [0.2, 0.25) is 0 Å². The molecule has 2 bridgehead atoms.